The van der Waals surface area contributed by atoms with E-state index in [-0.39, 0.29) is 5.75 Å². The number of hydrogen-bond donors (Lipinski definition) is 0. The van der Waals surface area contributed by atoms with E-state index in [0.29, 0.717) is 13.1 Å². The van der Waals surface area contributed by atoms with Crippen molar-refractivity contribution in [1.82, 2.24) is 4.90 Å². The molecule has 16 heavy (non-hydrogen) atoms. The van der Waals surface area contributed by atoms with Crippen LogP contribution in [0.1, 0.15) is 0 Å². The molecule has 0 saturated heterocycles. The first-order valence-electron chi connectivity index (χ1n) is 4.77. The van der Waals surface area contributed by atoms with Crippen LogP contribution in [-0.4, -0.2) is 43.8 Å². The van der Waals surface area contributed by atoms with Gasteiger partial charge in [0.15, 0.2) is 9.84 Å². The maximum atomic E-state index is 11.6. The zero-order valence-corrected chi connectivity index (χ0v) is 10.1. The summed E-state index contributed by atoms with van der Waals surface area (Å²) < 4.78 is 22.8. The van der Waals surface area contributed by atoms with Gasteiger partial charge in [-0.05, 0) is 0 Å². The highest BCUT2D eigenvalue weighted by molar-refractivity contribution is 7.92. The van der Waals surface area contributed by atoms with E-state index in [1.54, 1.807) is 12.2 Å². The molecule has 0 N–H and O–H groups in total. The number of carbonyl (C=O) groups excluding carboxylic acids is 1. The first kappa shape index (κ1) is 14.6. The molecule has 0 unspecified atom stereocenters. The molecule has 0 aromatic carbocycles. The molecule has 90 valence electrons. The molecule has 0 fully saturated rings. The fraction of sp³-hybridized carbons (Fsp3) is 0.364. The van der Waals surface area contributed by atoms with E-state index in [1.165, 1.54) is 11.0 Å². The molecular formula is C11H17NO3S. The Morgan fingerprint density at radius 2 is 1.56 bits per heavy atom. The van der Waals surface area contributed by atoms with E-state index in [2.05, 4.69) is 19.7 Å². The monoisotopic (exact) mass is 243 g/mol. The van der Waals surface area contributed by atoms with Crippen molar-refractivity contribution in [2.24, 2.45) is 0 Å². The van der Waals surface area contributed by atoms with Crippen molar-refractivity contribution in [3.05, 3.63) is 38.0 Å². The van der Waals surface area contributed by atoms with Gasteiger partial charge in [-0.1, -0.05) is 18.2 Å². The molecule has 0 aliphatic rings. The van der Waals surface area contributed by atoms with E-state index in [4.69, 9.17) is 0 Å². The molecular weight excluding hydrogens is 226 g/mol. The quantitative estimate of drug-likeness (QED) is 0.592. The van der Waals surface area contributed by atoms with Crippen LogP contribution >= 0.6 is 0 Å². The highest BCUT2D eigenvalue weighted by atomic mass is 32.2. The van der Waals surface area contributed by atoms with E-state index < -0.39 is 21.5 Å². The van der Waals surface area contributed by atoms with Crippen molar-refractivity contribution >= 4 is 15.7 Å². The molecule has 0 aliphatic carbocycles. The molecule has 0 radical (unpaired) electrons. The van der Waals surface area contributed by atoms with Gasteiger partial charge in [-0.2, -0.15) is 0 Å². The Balaban J connectivity index is 4.57. The molecule has 0 spiro atoms. The molecule has 0 aromatic heterocycles. The lowest BCUT2D eigenvalue weighted by Gasteiger charge is -2.18. The minimum atomic E-state index is -3.39. The standard InChI is InChI=1S/C11H17NO3S/c1-4-7-12(8-5-2)11(13)10-16(14,15)9-6-3/h4-6H,1-3,7-10H2. The Morgan fingerprint density at radius 3 is 1.94 bits per heavy atom. The predicted molar refractivity (Wildman–Crippen MR) is 65.8 cm³/mol. The largest absolute Gasteiger partial charge is 0.334 e. The number of sulfone groups is 1. The van der Waals surface area contributed by atoms with Crippen molar-refractivity contribution in [1.29, 1.82) is 0 Å². The first-order valence-corrected chi connectivity index (χ1v) is 6.60. The molecule has 0 rings (SSSR count). The molecule has 4 nitrogen and oxygen atoms in total. The summed E-state index contributed by atoms with van der Waals surface area (Å²) in [6, 6.07) is 0. The summed E-state index contributed by atoms with van der Waals surface area (Å²) in [7, 11) is -3.39. The summed E-state index contributed by atoms with van der Waals surface area (Å²) >= 11 is 0. The van der Waals surface area contributed by atoms with Crippen LogP contribution in [0.3, 0.4) is 0 Å². The highest BCUT2D eigenvalue weighted by Crippen LogP contribution is 1.98. The van der Waals surface area contributed by atoms with E-state index in [9.17, 15) is 13.2 Å². The third-order valence-electron chi connectivity index (χ3n) is 1.77. The number of carbonyl (C=O) groups is 1. The zero-order chi connectivity index (χ0) is 12.6. The summed E-state index contributed by atoms with van der Waals surface area (Å²) in [4.78, 5) is 13.0. The van der Waals surface area contributed by atoms with Crippen molar-refractivity contribution in [3.8, 4) is 0 Å². The average Bonchev–Trinajstić information content (AvgIpc) is 2.16. The number of rotatable bonds is 8. The Bertz CT molecular complexity index is 361. The Kier molecular flexibility index (Phi) is 6.41. The van der Waals surface area contributed by atoms with Crippen LogP contribution < -0.4 is 0 Å². The summed E-state index contributed by atoms with van der Waals surface area (Å²) in [5, 5.41) is 0. The third-order valence-corrected chi connectivity index (χ3v) is 3.20. The predicted octanol–water partition coefficient (Wildman–Crippen LogP) is 0.788. The molecule has 0 atom stereocenters. The molecule has 0 heterocycles. The van der Waals surface area contributed by atoms with Crippen molar-refractivity contribution in [2.45, 2.75) is 0 Å². The number of amides is 1. The fourth-order valence-corrected chi connectivity index (χ4v) is 2.14. The van der Waals surface area contributed by atoms with E-state index >= 15 is 0 Å². The van der Waals surface area contributed by atoms with E-state index in [0.717, 1.165) is 0 Å². The number of nitrogens with zero attached hydrogens (tertiary/aromatic N) is 1. The SMILES string of the molecule is C=CCN(CC=C)C(=O)CS(=O)(=O)CC=C. The van der Waals surface area contributed by atoms with E-state index in [1.807, 2.05) is 0 Å². The molecule has 5 heteroatoms. The first-order chi connectivity index (χ1) is 7.46. The van der Waals surface area contributed by atoms with Crippen LogP contribution in [0.4, 0.5) is 0 Å². The molecule has 0 saturated carbocycles. The summed E-state index contributed by atoms with van der Waals surface area (Å²) in [5.74, 6) is -1.13. The molecule has 0 aliphatic heterocycles. The lowest BCUT2D eigenvalue weighted by atomic mass is 10.4. The van der Waals surface area contributed by atoms with Gasteiger partial charge >= 0.3 is 0 Å². The lowest BCUT2D eigenvalue weighted by Crippen LogP contribution is -2.36. The molecule has 0 bridgehead atoms. The van der Waals surface area contributed by atoms with Gasteiger partial charge in [-0.3, -0.25) is 4.79 Å². The second-order valence-electron chi connectivity index (χ2n) is 3.22. The fourth-order valence-electron chi connectivity index (χ4n) is 1.11. The number of hydrogen-bond acceptors (Lipinski definition) is 3. The Morgan fingerprint density at radius 1 is 1.06 bits per heavy atom. The van der Waals surface area contributed by atoms with Gasteiger partial charge in [0.05, 0.1) is 5.75 Å². The maximum Gasteiger partial charge on any atom is 0.238 e. The summed E-state index contributed by atoms with van der Waals surface area (Å²) in [6.45, 7) is 11.0. The van der Waals surface area contributed by atoms with Gasteiger partial charge in [0.2, 0.25) is 5.91 Å². The summed E-state index contributed by atoms with van der Waals surface area (Å²) in [5.41, 5.74) is 0. The Labute approximate surface area is 96.9 Å². The lowest BCUT2D eigenvalue weighted by molar-refractivity contribution is -0.127. The minimum Gasteiger partial charge on any atom is -0.334 e. The van der Waals surface area contributed by atoms with Crippen LogP contribution in [0.25, 0.3) is 0 Å². The second kappa shape index (κ2) is 7.00. The Hall–Kier alpha value is -1.36. The van der Waals surface area contributed by atoms with Gasteiger partial charge in [0.25, 0.3) is 0 Å². The average molecular weight is 243 g/mol. The molecule has 1 amide bonds. The van der Waals surface area contributed by atoms with Crippen LogP contribution in [0.5, 0.6) is 0 Å². The summed E-state index contributed by atoms with van der Waals surface area (Å²) in [6.07, 6.45) is 4.36. The van der Waals surface area contributed by atoms with Gasteiger partial charge in [0.1, 0.15) is 5.75 Å². The van der Waals surface area contributed by atoms with Crippen LogP contribution in [0.2, 0.25) is 0 Å². The maximum absolute atomic E-state index is 11.6. The van der Waals surface area contributed by atoms with Gasteiger partial charge < -0.3 is 4.90 Å². The zero-order valence-electron chi connectivity index (χ0n) is 9.26. The van der Waals surface area contributed by atoms with Crippen molar-refractivity contribution in [2.75, 3.05) is 24.6 Å². The van der Waals surface area contributed by atoms with Gasteiger partial charge in [-0.25, -0.2) is 8.42 Å². The normalized spacial score (nSPS) is 10.5. The van der Waals surface area contributed by atoms with Gasteiger partial charge in [-0.15, -0.1) is 19.7 Å². The van der Waals surface area contributed by atoms with Crippen molar-refractivity contribution < 1.29 is 13.2 Å². The molecule has 0 aromatic rings. The minimum absolute atomic E-state index is 0.186. The van der Waals surface area contributed by atoms with Crippen LogP contribution in [0, 0.1) is 0 Å². The van der Waals surface area contributed by atoms with Crippen LogP contribution in [-0.2, 0) is 14.6 Å². The smallest absolute Gasteiger partial charge is 0.238 e. The van der Waals surface area contributed by atoms with Crippen LogP contribution in [0.15, 0.2) is 38.0 Å². The topological polar surface area (TPSA) is 54.5 Å². The van der Waals surface area contributed by atoms with Gasteiger partial charge in [0, 0.05) is 13.1 Å². The van der Waals surface area contributed by atoms with Crippen molar-refractivity contribution in [3.63, 3.8) is 0 Å². The second-order valence-corrected chi connectivity index (χ2v) is 5.33. The highest BCUT2D eigenvalue weighted by Gasteiger charge is 2.19. The third kappa shape index (κ3) is 5.50.